The molecule has 0 saturated heterocycles. The summed E-state index contributed by atoms with van der Waals surface area (Å²) in [4.78, 5) is 12.4. The van der Waals surface area contributed by atoms with Crippen LogP contribution in [0.25, 0.3) is 11.3 Å². The Kier molecular flexibility index (Phi) is 4.86. The van der Waals surface area contributed by atoms with Crippen molar-refractivity contribution in [2.45, 2.75) is 6.92 Å². The highest BCUT2D eigenvalue weighted by atomic mass is 79.9. The highest BCUT2D eigenvalue weighted by Gasteiger charge is 2.21. The maximum atomic E-state index is 12.4. The summed E-state index contributed by atoms with van der Waals surface area (Å²) in [6.07, 6.45) is 1.58. The highest BCUT2D eigenvalue weighted by molar-refractivity contribution is 9.10. The maximum Gasteiger partial charge on any atom is 0.277 e. The quantitative estimate of drug-likeness (QED) is 0.542. The molecule has 3 aromatic rings. The predicted octanol–water partition coefficient (Wildman–Crippen LogP) is 4.18. The average molecular weight is 384 g/mol. The van der Waals surface area contributed by atoms with Crippen LogP contribution in [0, 0.1) is 6.92 Å². The Morgan fingerprint density at radius 2 is 2.00 bits per heavy atom. The topological polar surface area (TPSA) is 67.5 Å². The van der Waals surface area contributed by atoms with Gasteiger partial charge in [-0.15, -0.1) is 0 Å². The number of amides is 1. The SMILES string of the molecule is Cc1onc(-c2ccccc2)c1C(=O)N/N=C/c1cccc(Br)c1. The van der Waals surface area contributed by atoms with E-state index in [9.17, 15) is 4.79 Å². The maximum absolute atomic E-state index is 12.4. The van der Waals surface area contributed by atoms with Gasteiger partial charge < -0.3 is 4.52 Å². The van der Waals surface area contributed by atoms with Gasteiger partial charge >= 0.3 is 0 Å². The number of nitrogens with one attached hydrogen (secondary N) is 1. The first-order valence-corrected chi connectivity index (χ1v) is 8.05. The molecule has 0 spiro atoms. The van der Waals surface area contributed by atoms with E-state index in [-0.39, 0.29) is 5.91 Å². The van der Waals surface area contributed by atoms with Gasteiger partial charge in [0.1, 0.15) is 17.0 Å². The number of hydrogen-bond acceptors (Lipinski definition) is 4. The Bertz CT molecular complexity index is 888. The largest absolute Gasteiger partial charge is 0.360 e. The number of nitrogens with zero attached hydrogens (tertiary/aromatic N) is 2. The van der Waals surface area contributed by atoms with E-state index in [1.807, 2.05) is 54.6 Å². The van der Waals surface area contributed by atoms with Gasteiger partial charge in [-0.3, -0.25) is 4.79 Å². The lowest BCUT2D eigenvalue weighted by Gasteiger charge is -2.01. The Morgan fingerprint density at radius 3 is 2.75 bits per heavy atom. The van der Waals surface area contributed by atoms with Gasteiger partial charge in [0.15, 0.2) is 0 Å². The molecule has 1 aromatic heterocycles. The zero-order chi connectivity index (χ0) is 16.9. The lowest BCUT2D eigenvalue weighted by molar-refractivity contribution is 0.0954. The Morgan fingerprint density at radius 1 is 1.21 bits per heavy atom. The highest BCUT2D eigenvalue weighted by Crippen LogP contribution is 2.24. The van der Waals surface area contributed by atoms with Crippen LogP contribution in [0.3, 0.4) is 0 Å². The third-order valence-corrected chi connectivity index (χ3v) is 3.86. The van der Waals surface area contributed by atoms with E-state index in [2.05, 4.69) is 31.6 Å². The number of carbonyl (C=O) groups is 1. The third kappa shape index (κ3) is 3.60. The molecule has 1 amide bonds. The van der Waals surface area contributed by atoms with E-state index in [0.29, 0.717) is 17.0 Å². The van der Waals surface area contributed by atoms with Gasteiger partial charge in [-0.25, -0.2) is 5.43 Å². The monoisotopic (exact) mass is 383 g/mol. The molecule has 0 unspecified atom stereocenters. The van der Waals surface area contributed by atoms with E-state index in [0.717, 1.165) is 15.6 Å². The van der Waals surface area contributed by atoms with E-state index >= 15 is 0 Å². The molecule has 0 aliphatic carbocycles. The zero-order valence-electron chi connectivity index (χ0n) is 12.9. The number of hydrogen-bond donors (Lipinski definition) is 1. The number of benzene rings is 2. The summed E-state index contributed by atoms with van der Waals surface area (Å²) in [6.45, 7) is 1.70. The lowest BCUT2D eigenvalue weighted by Crippen LogP contribution is -2.18. The third-order valence-electron chi connectivity index (χ3n) is 3.37. The van der Waals surface area contributed by atoms with Crippen LogP contribution in [0.1, 0.15) is 21.7 Å². The van der Waals surface area contributed by atoms with E-state index in [1.54, 1.807) is 13.1 Å². The molecule has 6 heteroatoms. The molecular weight excluding hydrogens is 370 g/mol. The van der Waals surface area contributed by atoms with Crippen LogP contribution >= 0.6 is 15.9 Å². The lowest BCUT2D eigenvalue weighted by atomic mass is 10.1. The molecule has 5 nitrogen and oxygen atoms in total. The molecule has 0 bridgehead atoms. The fourth-order valence-corrected chi connectivity index (χ4v) is 2.66. The molecule has 0 saturated carbocycles. The Hall–Kier alpha value is -2.73. The van der Waals surface area contributed by atoms with Gasteiger partial charge in [0, 0.05) is 10.0 Å². The minimum Gasteiger partial charge on any atom is -0.360 e. The second-order valence-electron chi connectivity index (χ2n) is 5.08. The smallest absolute Gasteiger partial charge is 0.277 e. The number of carbonyl (C=O) groups excluding carboxylic acids is 1. The van der Waals surface area contributed by atoms with Crippen LogP contribution in [0.2, 0.25) is 0 Å². The molecule has 0 atom stereocenters. The molecule has 1 N–H and O–H groups in total. The van der Waals surface area contributed by atoms with Crippen molar-refractivity contribution in [2.75, 3.05) is 0 Å². The Labute approximate surface area is 147 Å². The van der Waals surface area contributed by atoms with Crippen LogP contribution < -0.4 is 5.43 Å². The standard InChI is InChI=1S/C18H14BrN3O2/c1-12-16(17(22-24-12)14-7-3-2-4-8-14)18(23)21-20-11-13-6-5-9-15(19)10-13/h2-11H,1H3,(H,21,23)/b20-11+. The van der Waals surface area contributed by atoms with Crippen molar-refractivity contribution < 1.29 is 9.32 Å². The van der Waals surface area contributed by atoms with Gasteiger partial charge in [-0.1, -0.05) is 63.6 Å². The van der Waals surface area contributed by atoms with Crippen molar-refractivity contribution in [2.24, 2.45) is 5.10 Å². The molecule has 120 valence electrons. The van der Waals surface area contributed by atoms with Gasteiger partial charge in [0.2, 0.25) is 0 Å². The first kappa shape index (κ1) is 16.1. The van der Waals surface area contributed by atoms with Crippen LogP contribution in [-0.2, 0) is 0 Å². The average Bonchev–Trinajstić information content (AvgIpc) is 2.97. The van der Waals surface area contributed by atoms with Crippen molar-refractivity contribution in [3.8, 4) is 11.3 Å². The fraction of sp³-hybridized carbons (Fsp3) is 0.0556. The second kappa shape index (κ2) is 7.23. The van der Waals surface area contributed by atoms with E-state index in [1.165, 1.54) is 0 Å². The van der Waals surface area contributed by atoms with Crippen LogP contribution in [0.5, 0.6) is 0 Å². The minimum absolute atomic E-state index is 0.362. The number of halogens is 1. The predicted molar refractivity (Wildman–Crippen MR) is 95.9 cm³/mol. The molecule has 1 heterocycles. The summed E-state index contributed by atoms with van der Waals surface area (Å²) < 4.78 is 6.13. The normalized spacial score (nSPS) is 10.9. The molecule has 0 aliphatic heterocycles. The molecule has 24 heavy (non-hydrogen) atoms. The molecule has 2 aromatic carbocycles. The van der Waals surface area contributed by atoms with Crippen molar-refractivity contribution in [1.29, 1.82) is 0 Å². The number of hydrazone groups is 1. The zero-order valence-corrected chi connectivity index (χ0v) is 14.4. The summed E-state index contributed by atoms with van der Waals surface area (Å²) >= 11 is 3.39. The van der Waals surface area contributed by atoms with Crippen LogP contribution in [-0.4, -0.2) is 17.3 Å². The van der Waals surface area contributed by atoms with Gasteiger partial charge in [-0.2, -0.15) is 5.10 Å². The first-order chi connectivity index (χ1) is 11.6. The molecule has 0 aliphatic rings. The van der Waals surface area contributed by atoms with Crippen molar-refractivity contribution in [1.82, 2.24) is 10.6 Å². The number of aryl methyl sites for hydroxylation is 1. The van der Waals surface area contributed by atoms with Crippen molar-refractivity contribution >= 4 is 28.1 Å². The minimum atomic E-state index is -0.362. The van der Waals surface area contributed by atoms with Gasteiger partial charge in [-0.05, 0) is 24.6 Å². The van der Waals surface area contributed by atoms with Crippen LogP contribution in [0.15, 0.2) is 68.7 Å². The fourth-order valence-electron chi connectivity index (χ4n) is 2.24. The summed E-state index contributed by atoms with van der Waals surface area (Å²) in [5, 5.41) is 7.99. The summed E-state index contributed by atoms with van der Waals surface area (Å²) in [6, 6.07) is 17.0. The van der Waals surface area contributed by atoms with Crippen molar-refractivity contribution in [3.63, 3.8) is 0 Å². The summed E-state index contributed by atoms with van der Waals surface area (Å²) in [7, 11) is 0. The van der Waals surface area contributed by atoms with Gasteiger partial charge in [0.05, 0.1) is 6.21 Å². The first-order valence-electron chi connectivity index (χ1n) is 7.26. The molecule has 0 fully saturated rings. The molecule has 3 rings (SSSR count). The van der Waals surface area contributed by atoms with E-state index in [4.69, 9.17) is 4.52 Å². The molecule has 0 radical (unpaired) electrons. The molecular formula is C18H14BrN3O2. The summed E-state index contributed by atoms with van der Waals surface area (Å²) in [5.74, 6) is 0.0860. The summed E-state index contributed by atoms with van der Waals surface area (Å²) in [5.41, 5.74) is 5.09. The van der Waals surface area contributed by atoms with Crippen LogP contribution in [0.4, 0.5) is 0 Å². The van der Waals surface area contributed by atoms with Gasteiger partial charge in [0.25, 0.3) is 5.91 Å². The Balaban J connectivity index is 1.80. The van der Waals surface area contributed by atoms with Crippen molar-refractivity contribution in [3.05, 3.63) is 76.0 Å². The number of aromatic nitrogens is 1. The second-order valence-corrected chi connectivity index (χ2v) is 6.00. The number of rotatable bonds is 4. The van der Waals surface area contributed by atoms with E-state index < -0.39 is 0 Å².